The molecule has 1 N–H and O–H groups in total. The highest BCUT2D eigenvalue weighted by Gasteiger charge is 2.34. The van der Waals surface area contributed by atoms with Crippen molar-refractivity contribution in [3.05, 3.63) is 86.5 Å². The maximum Gasteiger partial charge on any atom is 0.338 e. The minimum atomic E-state index is -0.773. The minimum Gasteiger partial charge on any atom is -0.506 e. The highest BCUT2D eigenvalue weighted by Crippen LogP contribution is 2.35. The molecule has 0 unspecified atom stereocenters. The first-order chi connectivity index (χ1) is 16.3. The van der Waals surface area contributed by atoms with E-state index in [9.17, 15) is 14.7 Å². The van der Waals surface area contributed by atoms with E-state index in [-0.39, 0.29) is 23.5 Å². The summed E-state index contributed by atoms with van der Waals surface area (Å²) in [6, 6.07) is 10.0. The molecule has 0 aliphatic carbocycles. The summed E-state index contributed by atoms with van der Waals surface area (Å²) in [4.78, 5) is 31.7. The van der Waals surface area contributed by atoms with E-state index < -0.39 is 12.0 Å². The number of aromatic hydroxyl groups is 1. The van der Waals surface area contributed by atoms with Crippen LogP contribution in [0.5, 0.6) is 11.5 Å². The molecule has 0 fully saturated rings. The number of methoxy groups -OCH3 is 1. The molecule has 0 bridgehead atoms. The van der Waals surface area contributed by atoms with Crippen LogP contribution in [0.2, 0.25) is 0 Å². The van der Waals surface area contributed by atoms with Gasteiger partial charge in [0.05, 0.1) is 33.1 Å². The first kappa shape index (κ1) is 24.7. The van der Waals surface area contributed by atoms with Gasteiger partial charge in [0, 0.05) is 15.6 Å². The van der Waals surface area contributed by atoms with Crippen LogP contribution in [0.25, 0.3) is 6.08 Å². The van der Waals surface area contributed by atoms with Gasteiger partial charge in [-0.1, -0.05) is 45.5 Å². The lowest BCUT2D eigenvalue weighted by Gasteiger charge is -2.25. The number of phenols is 1. The number of phenolic OH excluding ortho intramolecular Hbond substituents is 1. The topological polar surface area (TPSA) is 90.1 Å². The molecule has 4 rings (SSSR count). The van der Waals surface area contributed by atoms with Gasteiger partial charge in [-0.15, -0.1) is 0 Å². The Balaban J connectivity index is 2.02. The number of para-hydroxylation sites is 1. The van der Waals surface area contributed by atoms with E-state index in [1.165, 1.54) is 15.9 Å². The molecule has 3 aromatic rings. The fraction of sp³-hybridized carbons (Fsp3) is 0.208. The average molecular weight is 655 g/mol. The van der Waals surface area contributed by atoms with Crippen molar-refractivity contribution in [3.63, 3.8) is 0 Å². The summed E-state index contributed by atoms with van der Waals surface area (Å²) in [5, 5.41) is 10.5. The van der Waals surface area contributed by atoms with E-state index in [0.717, 1.165) is 4.47 Å². The zero-order valence-electron chi connectivity index (χ0n) is 18.5. The largest absolute Gasteiger partial charge is 0.506 e. The van der Waals surface area contributed by atoms with Gasteiger partial charge in [0.2, 0.25) is 0 Å². The number of thiazole rings is 1. The van der Waals surface area contributed by atoms with Gasteiger partial charge in [0.1, 0.15) is 17.5 Å². The number of allylic oxidation sites excluding steroid dienone is 1. The van der Waals surface area contributed by atoms with Gasteiger partial charge in [-0.25, -0.2) is 9.79 Å². The van der Waals surface area contributed by atoms with Crippen molar-refractivity contribution in [2.24, 2.45) is 4.99 Å². The number of rotatable bonds is 5. The molecular weight excluding hydrogens is 635 g/mol. The number of ether oxygens (including phenoxy) is 2. The van der Waals surface area contributed by atoms with E-state index in [1.54, 1.807) is 45.2 Å². The van der Waals surface area contributed by atoms with Crippen molar-refractivity contribution in [2.45, 2.75) is 19.9 Å². The van der Waals surface area contributed by atoms with Gasteiger partial charge in [0.15, 0.2) is 4.80 Å². The Hall–Kier alpha value is -2.44. The second-order valence-electron chi connectivity index (χ2n) is 7.37. The molecule has 0 saturated carbocycles. The predicted molar refractivity (Wildman–Crippen MR) is 142 cm³/mol. The highest BCUT2D eigenvalue weighted by molar-refractivity contribution is 14.1. The SMILES string of the molecule is CCOC(=O)C1=C(C)N=c2s/c(=C/c3cc(Br)cc(I)c3O)c(=O)n2[C@H]1c1ccccc1OC. The Morgan fingerprint density at radius 2 is 2.09 bits per heavy atom. The van der Waals surface area contributed by atoms with E-state index in [1.807, 2.05) is 40.8 Å². The quantitative estimate of drug-likeness (QED) is 0.333. The molecule has 34 heavy (non-hydrogen) atoms. The van der Waals surface area contributed by atoms with Crippen molar-refractivity contribution < 1.29 is 19.4 Å². The summed E-state index contributed by atoms with van der Waals surface area (Å²) in [5.74, 6) is 0.0881. The predicted octanol–water partition coefficient (Wildman–Crippen LogP) is 3.88. The number of fused-ring (bicyclic) bond motifs is 1. The van der Waals surface area contributed by atoms with Gasteiger partial charge in [-0.05, 0) is 60.7 Å². The maximum atomic E-state index is 13.7. The number of carbonyl (C=O) groups excluding carboxylic acids is 1. The summed E-state index contributed by atoms with van der Waals surface area (Å²) in [6.45, 7) is 3.65. The van der Waals surface area contributed by atoms with Gasteiger partial charge in [-0.3, -0.25) is 9.36 Å². The first-order valence-electron chi connectivity index (χ1n) is 10.3. The Kier molecular flexibility index (Phi) is 7.29. The molecule has 0 spiro atoms. The molecule has 176 valence electrons. The summed E-state index contributed by atoms with van der Waals surface area (Å²) < 4.78 is 14.2. The van der Waals surface area contributed by atoms with Crippen LogP contribution in [0, 0.1) is 3.57 Å². The third-order valence-corrected chi connectivity index (χ3v) is 7.56. The van der Waals surface area contributed by atoms with Crippen LogP contribution in [-0.4, -0.2) is 29.4 Å². The van der Waals surface area contributed by atoms with Crippen LogP contribution in [-0.2, 0) is 9.53 Å². The molecule has 1 aromatic heterocycles. The van der Waals surface area contributed by atoms with Gasteiger partial charge in [0.25, 0.3) is 5.56 Å². The number of hydrogen-bond acceptors (Lipinski definition) is 7. The van der Waals surface area contributed by atoms with Crippen molar-refractivity contribution in [3.8, 4) is 11.5 Å². The maximum absolute atomic E-state index is 13.7. The van der Waals surface area contributed by atoms with Crippen LogP contribution in [0.15, 0.2) is 61.9 Å². The molecule has 1 aliphatic rings. The number of halogens is 2. The van der Waals surface area contributed by atoms with Gasteiger partial charge in [-0.2, -0.15) is 0 Å². The zero-order valence-corrected chi connectivity index (χ0v) is 23.0. The van der Waals surface area contributed by atoms with E-state index in [2.05, 4.69) is 20.9 Å². The van der Waals surface area contributed by atoms with E-state index >= 15 is 0 Å². The van der Waals surface area contributed by atoms with Crippen LogP contribution >= 0.6 is 49.9 Å². The normalized spacial score (nSPS) is 15.7. The molecule has 0 amide bonds. The van der Waals surface area contributed by atoms with Gasteiger partial charge < -0.3 is 14.6 Å². The van der Waals surface area contributed by atoms with E-state index in [4.69, 9.17) is 9.47 Å². The Morgan fingerprint density at radius 1 is 1.35 bits per heavy atom. The number of hydrogen-bond donors (Lipinski definition) is 1. The average Bonchev–Trinajstić information content (AvgIpc) is 3.10. The van der Waals surface area contributed by atoms with Crippen molar-refractivity contribution >= 4 is 61.9 Å². The third kappa shape index (κ3) is 4.46. The Labute approximate surface area is 221 Å². The van der Waals surface area contributed by atoms with Crippen molar-refractivity contribution in [1.29, 1.82) is 0 Å². The smallest absolute Gasteiger partial charge is 0.338 e. The molecule has 10 heteroatoms. The second-order valence-corrected chi connectivity index (χ2v) is 10.5. The molecule has 7 nitrogen and oxygen atoms in total. The van der Waals surface area contributed by atoms with Crippen molar-refractivity contribution in [1.82, 2.24) is 4.57 Å². The summed E-state index contributed by atoms with van der Waals surface area (Å²) >= 11 is 6.66. The lowest BCUT2D eigenvalue weighted by Crippen LogP contribution is -2.40. The van der Waals surface area contributed by atoms with Crippen molar-refractivity contribution in [2.75, 3.05) is 13.7 Å². The molecular formula is C24H20BrIN2O5S. The molecule has 1 aliphatic heterocycles. The van der Waals surface area contributed by atoms with E-state index in [0.29, 0.717) is 35.5 Å². The zero-order chi connectivity index (χ0) is 24.6. The highest BCUT2D eigenvalue weighted by atomic mass is 127. The lowest BCUT2D eigenvalue weighted by atomic mass is 9.95. The Morgan fingerprint density at radius 3 is 2.79 bits per heavy atom. The fourth-order valence-electron chi connectivity index (χ4n) is 3.82. The molecule has 0 radical (unpaired) electrons. The fourth-order valence-corrected chi connectivity index (χ4v) is 6.40. The summed E-state index contributed by atoms with van der Waals surface area (Å²) in [7, 11) is 1.54. The van der Waals surface area contributed by atoms with Crippen LogP contribution in [0.4, 0.5) is 0 Å². The second kappa shape index (κ2) is 10.0. The third-order valence-electron chi connectivity index (χ3n) is 5.29. The molecule has 0 saturated heterocycles. The molecule has 1 atom stereocenters. The Bertz CT molecular complexity index is 1510. The molecule has 2 heterocycles. The first-order valence-corrected chi connectivity index (χ1v) is 13.0. The number of aromatic nitrogens is 1. The number of benzene rings is 2. The lowest BCUT2D eigenvalue weighted by molar-refractivity contribution is -0.139. The standard InChI is InChI=1S/C24H20BrIN2O5S/c1-4-33-23(31)19-12(2)27-24-28(20(19)15-7-5-6-8-17(15)32-3)22(30)18(34-24)10-13-9-14(25)11-16(26)21(13)29/h5-11,20,29H,4H2,1-3H3/b18-10+/t20-/m0/s1. The van der Waals surface area contributed by atoms with Gasteiger partial charge >= 0.3 is 5.97 Å². The number of esters is 1. The summed E-state index contributed by atoms with van der Waals surface area (Å²) in [6.07, 6.45) is 1.63. The molecule has 2 aromatic carbocycles. The number of carbonyl (C=O) groups is 1. The minimum absolute atomic E-state index is 0.0827. The number of nitrogens with zero attached hydrogens (tertiary/aromatic N) is 2. The summed E-state index contributed by atoms with van der Waals surface area (Å²) in [5.41, 5.74) is 1.57. The monoisotopic (exact) mass is 654 g/mol. The van der Waals surface area contributed by atoms with Crippen LogP contribution < -0.4 is 19.6 Å². The van der Waals surface area contributed by atoms with Crippen LogP contribution in [0.3, 0.4) is 0 Å². The van der Waals surface area contributed by atoms with Crippen LogP contribution in [0.1, 0.15) is 31.0 Å².